The molecule has 0 heterocycles. The summed E-state index contributed by atoms with van der Waals surface area (Å²) in [7, 11) is 2.47. The van der Waals surface area contributed by atoms with Crippen LogP contribution in [0.25, 0.3) is 0 Å². The van der Waals surface area contributed by atoms with Crippen LogP contribution in [0.5, 0.6) is 0 Å². The second kappa shape index (κ2) is 9.22. The molecule has 0 radical (unpaired) electrons. The number of aliphatic hydroxyl groups excluding tert-OH is 1. The molecule has 1 fully saturated rings. The quantitative estimate of drug-likeness (QED) is 0.661. The van der Waals surface area contributed by atoms with Gasteiger partial charge in [-0.1, -0.05) is 13.8 Å². The van der Waals surface area contributed by atoms with E-state index >= 15 is 0 Å². The molecule has 0 aromatic rings. The van der Waals surface area contributed by atoms with Gasteiger partial charge in [0.25, 0.3) is 0 Å². The van der Waals surface area contributed by atoms with Crippen molar-refractivity contribution in [3.63, 3.8) is 0 Å². The lowest BCUT2D eigenvalue weighted by Gasteiger charge is -2.34. The van der Waals surface area contributed by atoms with Gasteiger partial charge in [-0.05, 0) is 37.5 Å². The second-order valence-corrected chi connectivity index (χ2v) is 9.44. The predicted octanol–water partition coefficient (Wildman–Crippen LogP) is 2.46. The van der Waals surface area contributed by atoms with Crippen molar-refractivity contribution >= 4 is 8.80 Å². The highest BCUT2D eigenvalue weighted by Gasteiger charge is 2.39. The Kier molecular flexibility index (Phi) is 8.37. The van der Waals surface area contributed by atoms with E-state index in [-0.39, 0.29) is 12.2 Å². The van der Waals surface area contributed by atoms with Gasteiger partial charge in [0.1, 0.15) is 0 Å². The van der Waals surface area contributed by atoms with E-state index in [9.17, 15) is 5.11 Å². The molecule has 3 atom stereocenters. The molecule has 1 rings (SSSR count). The fourth-order valence-corrected chi connectivity index (χ4v) is 4.76. The van der Waals surface area contributed by atoms with Crippen LogP contribution >= 0.6 is 0 Å². The third-order valence-corrected chi connectivity index (χ3v) is 7.07. The molecule has 21 heavy (non-hydrogen) atoms. The first-order valence-corrected chi connectivity index (χ1v) is 9.84. The van der Waals surface area contributed by atoms with E-state index in [1.165, 1.54) is 0 Å². The van der Waals surface area contributed by atoms with Crippen LogP contribution < -0.4 is 0 Å². The second-order valence-electron chi connectivity index (χ2n) is 6.35. The molecule has 126 valence electrons. The van der Waals surface area contributed by atoms with Crippen LogP contribution in [-0.2, 0) is 18.0 Å². The van der Waals surface area contributed by atoms with E-state index in [0.717, 1.165) is 31.7 Å². The summed E-state index contributed by atoms with van der Waals surface area (Å²) in [4.78, 5) is 0. The highest BCUT2D eigenvalue weighted by molar-refractivity contribution is 6.60. The average Bonchev–Trinajstić information content (AvgIpc) is 2.49. The Morgan fingerprint density at radius 2 is 1.71 bits per heavy atom. The molecule has 0 amide bonds. The maximum absolute atomic E-state index is 10.1. The Bertz CT molecular complexity index is 275. The van der Waals surface area contributed by atoms with E-state index in [2.05, 4.69) is 13.8 Å². The molecule has 0 spiro atoms. The molecule has 1 aliphatic rings. The van der Waals surface area contributed by atoms with Crippen molar-refractivity contribution in [2.75, 3.05) is 27.9 Å². The summed E-state index contributed by atoms with van der Waals surface area (Å²) in [5.41, 5.74) is 0. The van der Waals surface area contributed by atoms with Gasteiger partial charge in [-0.2, -0.15) is 0 Å². The minimum atomic E-state index is -2.48. The summed E-state index contributed by atoms with van der Waals surface area (Å²) in [6.45, 7) is 4.96. The summed E-state index contributed by atoms with van der Waals surface area (Å²) >= 11 is 0. The molecule has 5 nitrogen and oxygen atoms in total. The van der Waals surface area contributed by atoms with Crippen LogP contribution in [0.3, 0.4) is 0 Å². The van der Waals surface area contributed by atoms with Gasteiger partial charge >= 0.3 is 8.80 Å². The highest BCUT2D eigenvalue weighted by Crippen LogP contribution is 2.32. The number of hydrogen-bond donors (Lipinski definition) is 1. The van der Waals surface area contributed by atoms with E-state index < -0.39 is 8.80 Å². The molecule has 0 saturated heterocycles. The molecule has 1 aliphatic carbocycles. The van der Waals surface area contributed by atoms with E-state index in [4.69, 9.17) is 18.0 Å². The van der Waals surface area contributed by atoms with Crippen LogP contribution in [0, 0.1) is 11.8 Å². The summed E-state index contributed by atoms with van der Waals surface area (Å²) in [6.07, 6.45) is 3.40. The molecule has 0 aromatic carbocycles. The first kappa shape index (κ1) is 19.1. The molecule has 0 bridgehead atoms. The number of aliphatic hydroxyl groups is 1. The molecule has 0 aliphatic heterocycles. The van der Waals surface area contributed by atoms with Gasteiger partial charge in [0.15, 0.2) is 0 Å². The Morgan fingerprint density at radius 3 is 2.24 bits per heavy atom. The fraction of sp³-hybridized carbons (Fsp3) is 1.00. The number of rotatable bonds is 9. The zero-order valence-electron chi connectivity index (χ0n) is 14.1. The molecule has 3 unspecified atom stereocenters. The molecule has 1 saturated carbocycles. The van der Waals surface area contributed by atoms with Crippen molar-refractivity contribution in [1.82, 2.24) is 0 Å². The zero-order chi connectivity index (χ0) is 15.9. The summed E-state index contributed by atoms with van der Waals surface area (Å²) in [5.74, 6) is 1.03. The molecule has 6 heteroatoms. The number of hydrogen-bond acceptors (Lipinski definition) is 5. The van der Waals surface area contributed by atoms with Gasteiger partial charge in [0.2, 0.25) is 0 Å². The monoisotopic (exact) mass is 320 g/mol. The normalized spacial score (nSPS) is 27.3. The molecule has 1 N–H and O–H groups in total. The van der Waals surface area contributed by atoms with Gasteiger partial charge in [0, 0.05) is 34.0 Å². The van der Waals surface area contributed by atoms with E-state index in [1.54, 1.807) is 21.3 Å². The third kappa shape index (κ3) is 5.96. The van der Waals surface area contributed by atoms with Gasteiger partial charge in [-0.25, -0.2) is 0 Å². The van der Waals surface area contributed by atoms with E-state index in [0.29, 0.717) is 18.4 Å². The van der Waals surface area contributed by atoms with Gasteiger partial charge in [0.05, 0.1) is 12.2 Å². The Hall–Kier alpha value is 0.0169. The lowest BCUT2D eigenvalue weighted by Crippen LogP contribution is -2.43. The topological polar surface area (TPSA) is 57.2 Å². The summed E-state index contributed by atoms with van der Waals surface area (Å²) in [5, 5.41) is 10.1. The standard InChI is InChI=1S/C15H32O5Si/c1-12(2)11-20-15-10-13(6-7-14(15)16)8-9-21(17-3,18-4)19-5/h12-16H,6-11H2,1-5H3. The number of ether oxygens (including phenoxy) is 1. The molecular weight excluding hydrogens is 288 g/mol. The smallest absolute Gasteiger partial charge is 0.390 e. The Balaban J connectivity index is 2.45. The average molecular weight is 321 g/mol. The van der Waals surface area contributed by atoms with Crippen LogP contribution in [0.1, 0.15) is 39.5 Å². The Labute approximate surface area is 130 Å². The Morgan fingerprint density at radius 1 is 1.10 bits per heavy atom. The van der Waals surface area contributed by atoms with Crippen LogP contribution in [0.15, 0.2) is 0 Å². The predicted molar refractivity (Wildman–Crippen MR) is 84.1 cm³/mol. The van der Waals surface area contributed by atoms with Gasteiger partial charge < -0.3 is 23.1 Å². The van der Waals surface area contributed by atoms with Crippen LogP contribution in [-0.4, -0.2) is 54.1 Å². The lowest BCUT2D eigenvalue weighted by atomic mass is 9.84. The first-order valence-electron chi connectivity index (χ1n) is 7.91. The lowest BCUT2D eigenvalue weighted by molar-refractivity contribution is -0.0787. The maximum atomic E-state index is 10.1. The van der Waals surface area contributed by atoms with E-state index in [1.807, 2.05) is 0 Å². The molecule has 0 aromatic heterocycles. The third-order valence-electron chi connectivity index (χ3n) is 4.30. The minimum Gasteiger partial charge on any atom is -0.390 e. The largest absolute Gasteiger partial charge is 0.500 e. The van der Waals surface area contributed by atoms with Gasteiger partial charge in [-0.3, -0.25) is 0 Å². The minimum absolute atomic E-state index is 0.0325. The van der Waals surface area contributed by atoms with Crippen molar-refractivity contribution in [3.8, 4) is 0 Å². The van der Waals surface area contributed by atoms with Crippen LogP contribution in [0.2, 0.25) is 6.04 Å². The highest BCUT2D eigenvalue weighted by atomic mass is 28.4. The van der Waals surface area contributed by atoms with Crippen LogP contribution in [0.4, 0.5) is 0 Å². The fourth-order valence-electron chi connectivity index (χ4n) is 2.89. The SMILES string of the molecule is CO[Si](CCC1CCC(O)C(OCC(C)C)C1)(OC)OC. The van der Waals surface area contributed by atoms with Crippen molar-refractivity contribution in [2.24, 2.45) is 11.8 Å². The van der Waals surface area contributed by atoms with Crippen molar-refractivity contribution in [2.45, 2.75) is 57.8 Å². The first-order chi connectivity index (χ1) is 9.96. The summed E-state index contributed by atoms with van der Waals surface area (Å²) < 4.78 is 22.3. The van der Waals surface area contributed by atoms with Crippen molar-refractivity contribution in [3.05, 3.63) is 0 Å². The van der Waals surface area contributed by atoms with Crippen molar-refractivity contribution < 1.29 is 23.1 Å². The maximum Gasteiger partial charge on any atom is 0.500 e. The van der Waals surface area contributed by atoms with Gasteiger partial charge in [-0.15, -0.1) is 0 Å². The molecular formula is C15H32O5Si. The summed E-state index contributed by atoms with van der Waals surface area (Å²) in [6, 6.07) is 0.814. The van der Waals surface area contributed by atoms with Crippen molar-refractivity contribution in [1.29, 1.82) is 0 Å². The zero-order valence-corrected chi connectivity index (χ0v) is 15.1.